The molecule has 7 heteroatoms. The number of anilines is 1. The highest BCUT2D eigenvalue weighted by molar-refractivity contribution is 6.03. The summed E-state index contributed by atoms with van der Waals surface area (Å²) in [6.45, 7) is 0.322. The summed E-state index contributed by atoms with van der Waals surface area (Å²) in [5, 5.41) is 10.4. The lowest BCUT2D eigenvalue weighted by Gasteiger charge is -2.12. The van der Waals surface area contributed by atoms with Gasteiger partial charge >= 0.3 is 0 Å². The fourth-order valence-corrected chi connectivity index (χ4v) is 3.04. The van der Waals surface area contributed by atoms with Crippen LogP contribution < -0.4 is 16.1 Å². The minimum Gasteiger partial charge on any atom is -0.349 e. The summed E-state index contributed by atoms with van der Waals surface area (Å²) in [5.41, 5.74) is 1.48. The largest absolute Gasteiger partial charge is 0.349 e. The molecule has 1 aliphatic rings. The predicted molar refractivity (Wildman–Crippen MR) is 106 cm³/mol. The summed E-state index contributed by atoms with van der Waals surface area (Å²) in [6, 6.07) is 14.4. The van der Waals surface area contributed by atoms with Crippen LogP contribution in [0.2, 0.25) is 0 Å². The van der Waals surface area contributed by atoms with Crippen molar-refractivity contribution < 1.29 is 9.59 Å². The van der Waals surface area contributed by atoms with Gasteiger partial charge in [-0.15, -0.1) is 0 Å². The third-order valence-corrected chi connectivity index (χ3v) is 4.67. The van der Waals surface area contributed by atoms with Crippen molar-refractivity contribution in [2.24, 2.45) is 0 Å². The van der Waals surface area contributed by atoms with Crippen molar-refractivity contribution in [3.05, 3.63) is 70.5 Å². The van der Waals surface area contributed by atoms with E-state index in [0.717, 1.165) is 12.8 Å². The maximum Gasteiger partial charge on any atom is 0.253 e. The molecule has 3 aromatic rings. The van der Waals surface area contributed by atoms with E-state index < -0.39 is 0 Å². The van der Waals surface area contributed by atoms with Gasteiger partial charge in [0.2, 0.25) is 11.3 Å². The average molecular weight is 376 g/mol. The molecule has 1 fully saturated rings. The fourth-order valence-electron chi connectivity index (χ4n) is 3.04. The Bertz CT molecular complexity index is 1100. The Morgan fingerprint density at radius 2 is 1.82 bits per heavy atom. The second-order valence-electron chi connectivity index (χ2n) is 6.84. The van der Waals surface area contributed by atoms with Gasteiger partial charge in [-0.1, -0.05) is 24.3 Å². The van der Waals surface area contributed by atoms with E-state index in [9.17, 15) is 14.4 Å². The van der Waals surface area contributed by atoms with Gasteiger partial charge in [0.15, 0.2) is 0 Å². The van der Waals surface area contributed by atoms with E-state index in [1.165, 1.54) is 6.20 Å². The Balaban J connectivity index is 1.45. The van der Waals surface area contributed by atoms with Crippen LogP contribution in [0.4, 0.5) is 5.69 Å². The van der Waals surface area contributed by atoms with Crippen LogP contribution in [0.15, 0.2) is 59.5 Å². The van der Waals surface area contributed by atoms with E-state index in [-0.39, 0.29) is 29.7 Å². The van der Waals surface area contributed by atoms with Gasteiger partial charge < -0.3 is 10.6 Å². The van der Waals surface area contributed by atoms with Crippen molar-refractivity contribution in [2.45, 2.75) is 31.8 Å². The highest BCUT2D eigenvalue weighted by Gasteiger charge is 2.25. The molecule has 0 radical (unpaired) electrons. The van der Waals surface area contributed by atoms with Crippen molar-refractivity contribution in [2.75, 3.05) is 5.32 Å². The van der Waals surface area contributed by atoms with Crippen molar-refractivity contribution in [1.82, 2.24) is 15.1 Å². The minimum atomic E-state index is -0.226. The number of amides is 2. The number of hydrogen-bond acceptors (Lipinski definition) is 4. The number of carbonyl (C=O) groups is 2. The Hall–Kier alpha value is -3.48. The molecule has 4 rings (SSSR count). The number of fused-ring (bicyclic) bond motifs is 1. The minimum absolute atomic E-state index is 0.146. The molecule has 0 saturated heterocycles. The van der Waals surface area contributed by atoms with Crippen molar-refractivity contribution in [3.63, 3.8) is 0 Å². The van der Waals surface area contributed by atoms with Crippen molar-refractivity contribution >= 4 is 28.4 Å². The molecule has 1 aromatic heterocycles. The first-order valence-electron chi connectivity index (χ1n) is 9.26. The normalized spacial score (nSPS) is 13.3. The first-order valence-corrected chi connectivity index (χ1v) is 9.26. The zero-order chi connectivity index (χ0) is 19.5. The van der Waals surface area contributed by atoms with Gasteiger partial charge in [0.25, 0.3) is 5.91 Å². The van der Waals surface area contributed by atoms with Gasteiger partial charge in [-0.2, -0.15) is 5.10 Å². The zero-order valence-corrected chi connectivity index (χ0v) is 15.2. The number of nitrogens with zero attached hydrogens (tertiary/aromatic N) is 2. The van der Waals surface area contributed by atoms with Gasteiger partial charge in [0.05, 0.1) is 29.5 Å². The standard InChI is InChI=1S/C21H20N4O3/c26-19-13-22-25(18-8-4-2-6-16(18)19)12-11-20(27)24-17-7-3-1-5-15(17)21(28)23-14-9-10-14/h1-8,13-14H,9-12H2,(H,23,28)(H,24,27). The van der Waals surface area contributed by atoms with Crippen LogP contribution in [0, 0.1) is 0 Å². The van der Waals surface area contributed by atoms with Crippen molar-refractivity contribution in [1.29, 1.82) is 0 Å². The molecule has 142 valence electrons. The molecule has 0 spiro atoms. The third-order valence-electron chi connectivity index (χ3n) is 4.67. The summed E-state index contributed by atoms with van der Waals surface area (Å²) < 4.78 is 1.64. The van der Waals surface area contributed by atoms with Crippen molar-refractivity contribution in [3.8, 4) is 0 Å². The van der Waals surface area contributed by atoms with E-state index >= 15 is 0 Å². The first-order chi connectivity index (χ1) is 13.6. The average Bonchev–Trinajstić information content (AvgIpc) is 3.52. The number of carbonyl (C=O) groups excluding carboxylic acids is 2. The lowest BCUT2D eigenvalue weighted by atomic mass is 10.1. The Labute approximate surface area is 161 Å². The molecule has 28 heavy (non-hydrogen) atoms. The smallest absolute Gasteiger partial charge is 0.253 e. The van der Waals surface area contributed by atoms with Gasteiger partial charge in [-0.3, -0.25) is 19.1 Å². The first kappa shape index (κ1) is 17.9. The topological polar surface area (TPSA) is 93.1 Å². The lowest BCUT2D eigenvalue weighted by molar-refractivity contribution is -0.116. The zero-order valence-electron chi connectivity index (χ0n) is 15.2. The SMILES string of the molecule is O=C(CCn1ncc(=O)c2ccccc21)Nc1ccccc1C(=O)NC1CC1. The molecular weight excluding hydrogens is 356 g/mol. The molecule has 1 heterocycles. The van der Waals surface area contributed by atoms with E-state index in [1.807, 2.05) is 6.07 Å². The van der Waals surface area contributed by atoms with Crippen LogP contribution in [-0.4, -0.2) is 27.6 Å². The molecule has 2 N–H and O–H groups in total. The molecule has 0 atom stereocenters. The Kier molecular flexibility index (Phi) is 4.89. The fraction of sp³-hybridized carbons (Fsp3) is 0.238. The van der Waals surface area contributed by atoms with Gasteiger partial charge in [0, 0.05) is 17.8 Å². The predicted octanol–water partition coefficient (Wildman–Crippen LogP) is 2.32. The Morgan fingerprint density at radius 1 is 1.07 bits per heavy atom. The van der Waals surface area contributed by atoms with Crippen LogP contribution in [0.3, 0.4) is 0 Å². The van der Waals surface area contributed by atoms with Gasteiger partial charge in [-0.25, -0.2) is 0 Å². The van der Waals surface area contributed by atoms with E-state index in [2.05, 4.69) is 15.7 Å². The highest BCUT2D eigenvalue weighted by Crippen LogP contribution is 2.21. The quantitative estimate of drug-likeness (QED) is 0.690. The van der Waals surface area contributed by atoms with Gasteiger partial charge in [-0.05, 0) is 37.1 Å². The third kappa shape index (κ3) is 3.93. The molecular formula is C21H20N4O3. The lowest BCUT2D eigenvalue weighted by Crippen LogP contribution is -2.27. The number of aryl methyl sites for hydroxylation is 1. The van der Waals surface area contributed by atoms with E-state index in [1.54, 1.807) is 47.1 Å². The molecule has 0 unspecified atom stereocenters. The molecule has 1 saturated carbocycles. The molecule has 1 aliphatic carbocycles. The second kappa shape index (κ2) is 7.64. The van der Waals surface area contributed by atoms with Crippen LogP contribution in [0.5, 0.6) is 0 Å². The van der Waals surface area contributed by atoms with Crippen LogP contribution in [-0.2, 0) is 11.3 Å². The maximum atomic E-state index is 12.5. The van der Waals surface area contributed by atoms with E-state index in [4.69, 9.17) is 0 Å². The monoisotopic (exact) mass is 376 g/mol. The van der Waals surface area contributed by atoms with E-state index in [0.29, 0.717) is 28.7 Å². The number of para-hydroxylation sites is 2. The van der Waals surface area contributed by atoms with Gasteiger partial charge in [0.1, 0.15) is 0 Å². The number of aromatic nitrogens is 2. The molecule has 2 amide bonds. The summed E-state index contributed by atoms with van der Waals surface area (Å²) in [7, 11) is 0. The Morgan fingerprint density at radius 3 is 2.64 bits per heavy atom. The number of nitrogens with one attached hydrogen (secondary N) is 2. The number of rotatable bonds is 6. The number of benzene rings is 2. The summed E-state index contributed by atoms with van der Waals surface area (Å²) in [4.78, 5) is 36.7. The number of hydrogen-bond donors (Lipinski definition) is 2. The maximum absolute atomic E-state index is 12.5. The van der Waals surface area contributed by atoms with Crippen LogP contribution >= 0.6 is 0 Å². The molecule has 0 aliphatic heterocycles. The summed E-state index contributed by atoms with van der Waals surface area (Å²) >= 11 is 0. The molecule has 2 aromatic carbocycles. The van der Waals surface area contributed by atoms with Crippen LogP contribution in [0.1, 0.15) is 29.6 Å². The highest BCUT2D eigenvalue weighted by atomic mass is 16.2. The second-order valence-corrected chi connectivity index (χ2v) is 6.84. The molecule has 0 bridgehead atoms. The van der Waals surface area contributed by atoms with Crippen LogP contribution in [0.25, 0.3) is 10.9 Å². The summed E-state index contributed by atoms with van der Waals surface area (Å²) in [6.07, 6.45) is 3.43. The molecule has 7 nitrogen and oxygen atoms in total. The summed E-state index contributed by atoms with van der Waals surface area (Å²) in [5.74, 6) is -0.400.